The highest BCUT2D eigenvalue weighted by Gasteiger charge is 1.99. The van der Waals surface area contributed by atoms with E-state index in [4.69, 9.17) is 11.6 Å². The molecule has 15 heavy (non-hydrogen) atoms. The summed E-state index contributed by atoms with van der Waals surface area (Å²) in [6.07, 6.45) is 5.18. The summed E-state index contributed by atoms with van der Waals surface area (Å²) in [7, 11) is 0. The molecule has 0 aliphatic carbocycles. The van der Waals surface area contributed by atoms with Gasteiger partial charge in [-0.05, 0) is 47.2 Å². The lowest BCUT2D eigenvalue weighted by molar-refractivity contribution is 0.685. The van der Waals surface area contributed by atoms with Crippen molar-refractivity contribution in [2.24, 2.45) is 0 Å². The van der Waals surface area contributed by atoms with Gasteiger partial charge < -0.3 is 5.32 Å². The van der Waals surface area contributed by atoms with Crippen LogP contribution in [0.2, 0.25) is 5.02 Å². The zero-order valence-corrected chi connectivity index (χ0v) is 11.9. The number of anilines is 1. The summed E-state index contributed by atoms with van der Waals surface area (Å²) < 4.78 is 1.19. The number of rotatable bonds is 6. The molecule has 0 bridgehead atoms. The maximum absolute atomic E-state index is 5.89. The molecule has 0 aromatic heterocycles. The number of hydrogen-bond acceptors (Lipinski definition) is 1. The van der Waals surface area contributed by atoms with Crippen LogP contribution >= 0.6 is 34.2 Å². The number of halogens is 2. The fraction of sp³-hybridized carbons (Fsp3) is 0.500. The molecule has 0 radical (unpaired) electrons. The maximum Gasteiger partial charge on any atom is 0.0476 e. The fourth-order valence-corrected chi connectivity index (χ4v) is 2.47. The molecule has 1 aromatic rings. The zero-order valence-electron chi connectivity index (χ0n) is 9.02. The summed E-state index contributed by atoms with van der Waals surface area (Å²) >= 11 is 8.19. The third kappa shape index (κ3) is 5.07. The number of hydrogen-bond donors (Lipinski definition) is 1. The van der Waals surface area contributed by atoms with Gasteiger partial charge in [0.25, 0.3) is 0 Å². The highest BCUT2D eigenvalue weighted by molar-refractivity contribution is 14.1. The van der Waals surface area contributed by atoms with Crippen molar-refractivity contribution >= 4 is 39.9 Å². The number of benzene rings is 1. The van der Waals surface area contributed by atoms with E-state index in [2.05, 4.69) is 34.8 Å². The van der Waals surface area contributed by atoms with Gasteiger partial charge in [0.1, 0.15) is 0 Å². The van der Waals surface area contributed by atoms with Gasteiger partial charge in [-0.3, -0.25) is 0 Å². The average molecular weight is 338 g/mol. The Morgan fingerprint density at radius 3 is 2.73 bits per heavy atom. The minimum absolute atomic E-state index is 0.802. The molecule has 0 unspecified atom stereocenters. The van der Waals surface area contributed by atoms with Crippen LogP contribution in [0.5, 0.6) is 0 Å². The highest BCUT2D eigenvalue weighted by atomic mass is 127. The Kier molecular flexibility index (Phi) is 6.41. The van der Waals surface area contributed by atoms with E-state index in [-0.39, 0.29) is 0 Å². The van der Waals surface area contributed by atoms with E-state index >= 15 is 0 Å². The van der Waals surface area contributed by atoms with E-state index in [1.54, 1.807) is 0 Å². The van der Waals surface area contributed by atoms with Gasteiger partial charge in [-0.1, -0.05) is 37.8 Å². The molecule has 3 heteroatoms. The second-order valence-corrected chi connectivity index (χ2v) is 5.21. The van der Waals surface area contributed by atoms with Crippen molar-refractivity contribution in [3.05, 3.63) is 26.8 Å². The maximum atomic E-state index is 5.89. The molecule has 0 saturated heterocycles. The van der Waals surface area contributed by atoms with E-state index in [9.17, 15) is 0 Å². The molecule has 0 amide bonds. The molecule has 0 spiro atoms. The Morgan fingerprint density at radius 1 is 1.27 bits per heavy atom. The van der Waals surface area contributed by atoms with Crippen molar-refractivity contribution in [2.75, 3.05) is 11.9 Å². The van der Waals surface area contributed by atoms with Crippen LogP contribution in [0.3, 0.4) is 0 Å². The van der Waals surface area contributed by atoms with E-state index in [0.29, 0.717) is 0 Å². The summed E-state index contributed by atoms with van der Waals surface area (Å²) in [6, 6.07) is 5.96. The molecule has 0 fully saturated rings. The lowest BCUT2D eigenvalue weighted by Gasteiger charge is -2.08. The van der Waals surface area contributed by atoms with Crippen LogP contribution in [0, 0.1) is 3.57 Å². The number of nitrogens with one attached hydrogen (secondary N) is 1. The molecule has 1 N–H and O–H groups in total. The van der Waals surface area contributed by atoms with Crippen LogP contribution in [0.1, 0.15) is 32.6 Å². The van der Waals surface area contributed by atoms with Crippen molar-refractivity contribution in [1.29, 1.82) is 0 Å². The van der Waals surface area contributed by atoms with E-state index in [0.717, 1.165) is 11.6 Å². The lowest BCUT2D eigenvalue weighted by Crippen LogP contribution is -2.02. The van der Waals surface area contributed by atoms with Gasteiger partial charge in [-0.15, -0.1) is 0 Å². The van der Waals surface area contributed by atoms with Crippen molar-refractivity contribution in [3.8, 4) is 0 Å². The van der Waals surface area contributed by atoms with Gasteiger partial charge in [-0.2, -0.15) is 0 Å². The van der Waals surface area contributed by atoms with Crippen LogP contribution in [0.25, 0.3) is 0 Å². The van der Waals surface area contributed by atoms with Crippen LogP contribution in [-0.4, -0.2) is 6.54 Å². The van der Waals surface area contributed by atoms with Crippen LogP contribution < -0.4 is 5.32 Å². The van der Waals surface area contributed by atoms with Gasteiger partial charge >= 0.3 is 0 Å². The van der Waals surface area contributed by atoms with Crippen LogP contribution in [0.15, 0.2) is 18.2 Å². The molecule has 1 nitrogen and oxygen atoms in total. The molecule has 0 heterocycles. The Labute approximate surface area is 111 Å². The van der Waals surface area contributed by atoms with Gasteiger partial charge in [0.05, 0.1) is 0 Å². The number of unbranched alkanes of at least 4 members (excludes halogenated alkanes) is 3. The zero-order chi connectivity index (χ0) is 11.1. The molecule has 0 saturated carbocycles. The summed E-state index contributed by atoms with van der Waals surface area (Å²) in [5.74, 6) is 0. The molecule has 1 aromatic carbocycles. The SMILES string of the molecule is CCCCCCNc1ccc(Cl)cc1I. The minimum atomic E-state index is 0.802. The first-order valence-corrected chi connectivity index (χ1v) is 6.88. The third-order valence-corrected chi connectivity index (χ3v) is 3.40. The Balaban J connectivity index is 2.31. The van der Waals surface area contributed by atoms with E-state index < -0.39 is 0 Å². The summed E-state index contributed by atoms with van der Waals surface area (Å²) in [5, 5.41) is 4.23. The predicted molar refractivity (Wildman–Crippen MR) is 76.8 cm³/mol. The molecular weight excluding hydrogens is 320 g/mol. The average Bonchev–Trinajstić information content (AvgIpc) is 2.20. The quantitative estimate of drug-likeness (QED) is 0.573. The summed E-state index contributed by atoms with van der Waals surface area (Å²) in [4.78, 5) is 0. The summed E-state index contributed by atoms with van der Waals surface area (Å²) in [5.41, 5.74) is 1.19. The fourth-order valence-electron chi connectivity index (χ4n) is 1.41. The molecular formula is C12H17ClIN. The molecule has 0 atom stereocenters. The first kappa shape index (κ1) is 13.1. The van der Waals surface area contributed by atoms with E-state index in [1.165, 1.54) is 34.9 Å². The second-order valence-electron chi connectivity index (χ2n) is 3.61. The molecule has 0 aliphatic heterocycles. The molecule has 84 valence electrons. The minimum Gasteiger partial charge on any atom is -0.384 e. The van der Waals surface area contributed by atoms with Crippen LogP contribution in [-0.2, 0) is 0 Å². The van der Waals surface area contributed by atoms with Gasteiger partial charge in [0.15, 0.2) is 0 Å². The van der Waals surface area contributed by atoms with Crippen molar-refractivity contribution in [2.45, 2.75) is 32.6 Å². The third-order valence-electron chi connectivity index (χ3n) is 2.28. The Bertz CT molecular complexity index is 302. The molecule has 0 aliphatic rings. The Hall–Kier alpha value is 0.0400. The van der Waals surface area contributed by atoms with Crippen molar-refractivity contribution < 1.29 is 0 Å². The van der Waals surface area contributed by atoms with Gasteiger partial charge in [-0.25, -0.2) is 0 Å². The van der Waals surface area contributed by atoms with Crippen molar-refractivity contribution in [1.82, 2.24) is 0 Å². The van der Waals surface area contributed by atoms with E-state index in [1.807, 2.05) is 18.2 Å². The lowest BCUT2D eigenvalue weighted by atomic mass is 10.2. The largest absolute Gasteiger partial charge is 0.384 e. The highest BCUT2D eigenvalue weighted by Crippen LogP contribution is 2.22. The van der Waals surface area contributed by atoms with Crippen molar-refractivity contribution in [3.63, 3.8) is 0 Å². The first-order chi connectivity index (χ1) is 7.24. The smallest absolute Gasteiger partial charge is 0.0476 e. The van der Waals surface area contributed by atoms with Gasteiger partial charge in [0, 0.05) is 20.8 Å². The first-order valence-electron chi connectivity index (χ1n) is 5.43. The summed E-state index contributed by atoms with van der Waals surface area (Å²) in [6.45, 7) is 3.28. The molecule has 1 rings (SSSR count). The topological polar surface area (TPSA) is 12.0 Å². The van der Waals surface area contributed by atoms with Gasteiger partial charge in [0.2, 0.25) is 0 Å². The Morgan fingerprint density at radius 2 is 2.07 bits per heavy atom. The predicted octanol–water partition coefficient (Wildman–Crippen LogP) is 4.94. The second kappa shape index (κ2) is 7.34. The standard InChI is InChI=1S/C12H17ClIN/c1-2-3-4-5-8-15-12-7-6-10(13)9-11(12)14/h6-7,9,15H,2-5,8H2,1H3. The normalized spacial score (nSPS) is 10.3. The monoisotopic (exact) mass is 337 g/mol. The van der Waals surface area contributed by atoms with Crippen LogP contribution in [0.4, 0.5) is 5.69 Å².